The molecule has 0 amide bonds. The molecule has 2 nitrogen and oxygen atoms in total. The van der Waals surface area contributed by atoms with Gasteiger partial charge in [0.25, 0.3) is 0 Å². The van der Waals surface area contributed by atoms with Gasteiger partial charge in [0.2, 0.25) is 0 Å². The summed E-state index contributed by atoms with van der Waals surface area (Å²) in [7, 11) is 0. The molecule has 0 aromatic heterocycles. The fraction of sp³-hybridized carbons (Fsp3) is 0.727. The van der Waals surface area contributed by atoms with Crippen molar-refractivity contribution in [1.82, 2.24) is 0 Å². The lowest BCUT2D eigenvalue weighted by Crippen LogP contribution is -2.09. The number of nitrogens with zero attached hydrogens (tertiary/aromatic N) is 1. The van der Waals surface area contributed by atoms with Gasteiger partial charge in [-0.05, 0) is 26.2 Å². The Kier molecular flexibility index (Phi) is 6.29. The van der Waals surface area contributed by atoms with E-state index in [1.807, 2.05) is 6.92 Å². The van der Waals surface area contributed by atoms with Gasteiger partial charge in [0.15, 0.2) is 0 Å². The highest BCUT2D eigenvalue weighted by molar-refractivity contribution is 5.85. The highest BCUT2D eigenvalue weighted by Crippen LogP contribution is 2.11. The van der Waals surface area contributed by atoms with E-state index in [4.69, 9.17) is 5.21 Å². The van der Waals surface area contributed by atoms with E-state index >= 15 is 0 Å². The van der Waals surface area contributed by atoms with E-state index in [-0.39, 0.29) is 0 Å². The van der Waals surface area contributed by atoms with Crippen LogP contribution in [0.15, 0.2) is 16.8 Å². The van der Waals surface area contributed by atoms with Crippen LogP contribution in [0.3, 0.4) is 0 Å². The van der Waals surface area contributed by atoms with E-state index in [9.17, 15) is 0 Å². The van der Waals surface area contributed by atoms with Crippen LogP contribution in [0, 0.1) is 5.92 Å². The van der Waals surface area contributed by atoms with Crippen LogP contribution in [-0.4, -0.2) is 10.9 Å². The number of hydrogen-bond acceptors (Lipinski definition) is 2. The minimum atomic E-state index is 0.358. The highest BCUT2D eigenvalue weighted by atomic mass is 16.4. The Morgan fingerprint density at radius 1 is 1.38 bits per heavy atom. The van der Waals surface area contributed by atoms with E-state index in [0.29, 0.717) is 5.92 Å². The normalized spacial score (nSPS) is 16.0. The SMILES string of the molecule is CCC(C)=CCC(C)C(CC)=NO. The largest absolute Gasteiger partial charge is 0.411 e. The summed E-state index contributed by atoms with van der Waals surface area (Å²) in [5.74, 6) is 0.358. The van der Waals surface area contributed by atoms with Crippen molar-refractivity contribution < 1.29 is 5.21 Å². The van der Waals surface area contributed by atoms with Gasteiger partial charge in [0.05, 0.1) is 5.71 Å². The average molecular weight is 183 g/mol. The standard InChI is InChI=1S/C11H21NO/c1-5-9(3)7-8-10(4)11(6-2)12-13/h7,10,13H,5-6,8H2,1-4H3. The molecule has 0 aromatic rings. The van der Waals surface area contributed by atoms with E-state index in [1.54, 1.807) is 0 Å². The van der Waals surface area contributed by atoms with E-state index in [2.05, 4.69) is 32.0 Å². The molecule has 0 aliphatic rings. The van der Waals surface area contributed by atoms with Gasteiger partial charge >= 0.3 is 0 Å². The summed E-state index contributed by atoms with van der Waals surface area (Å²) < 4.78 is 0. The molecule has 0 fully saturated rings. The predicted molar refractivity (Wildman–Crippen MR) is 57.3 cm³/mol. The third-order valence-corrected chi connectivity index (χ3v) is 2.44. The minimum Gasteiger partial charge on any atom is -0.411 e. The first-order valence-corrected chi connectivity index (χ1v) is 5.02. The zero-order valence-corrected chi connectivity index (χ0v) is 9.17. The van der Waals surface area contributed by atoms with Gasteiger partial charge in [-0.3, -0.25) is 0 Å². The molecule has 0 bridgehead atoms. The number of allylic oxidation sites excluding steroid dienone is 2. The molecule has 0 aromatic carbocycles. The Balaban J connectivity index is 4.07. The van der Waals surface area contributed by atoms with Gasteiger partial charge in [0, 0.05) is 5.92 Å². The van der Waals surface area contributed by atoms with Crippen LogP contribution in [0.5, 0.6) is 0 Å². The third-order valence-electron chi connectivity index (χ3n) is 2.44. The molecule has 76 valence electrons. The second kappa shape index (κ2) is 6.70. The molecule has 1 N–H and O–H groups in total. The molecule has 0 aliphatic heterocycles. The Bertz CT molecular complexity index is 194. The van der Waals surface area contributed by atoms with Gasteiger partial charge in [-0.25, -0.2) is 0 Å². The van der Waals surface area contributed by atoms with Gasteiger partial charge in [-0.15, -0.1) is 0 Å². The summed E-state index contributed by atoms with van der Waals surface area (Å²) in [5, 5.41) is 12.0. The van der Waals surface area contributed by atoms with Crippen LogP contribution in [0.2, 0.25) is 0 Å². The molecule has 2 heteroatoms. The van der Waals surface area contributed by atoms with Crippen molar-refractivity contribution in [3.05, 3.63) is 11.6 Å². The molecule has 13 heavy (non-hydrogen) atoms. The second-order valence-corrected chi connectivity index (χ2v) is 3.49. The lowest BCUT2D eigenvalue weighted by Gasteiger charge is -2.09. The molecule has 1 atom stereocenters. The first-order valence-electron chi connectivity index (χ1n) is 5.02. The maximum atomic E-state index is 8.69. The molecule has 0 saturated heterocycles. The van der Waals surface area contributed by atoms with Crippen molar-refractivity contribution in [2.24, 2.45) is 11.1 Å². The van der Waals surface area contributed by atoms with Crippen molar-refractivity contribution in [3.63, 3.8) is 0 Å². The van der Waals surface area contributed by atoms with Crippen molar-refractivity contribution in [2.45, 2.75) is 47.0 Å². The fourth-order valence-electron chi connectivity index (χ4n) is 1.18. The van der Waals surface area contributed by atoms with Crippen LogP contribution in [-0.2, 0) is 0 Å². The summed E-state index contributed by atoms with van der Waals surface area (Å²) in [6, 6.07) is 0. The topological polar surface area (TPSA) is 32.6 Å². The molecule has 0 rings (SSSR count). The maximum Gasteiger partial charge on any atom is 0.0599 e. The molecule has 0 saturated carbocycles. The minimum absolute atomic E-state index is 0.358. The van der Waals surface area contributed by atoms with E-state index in [0.717, 1.165) is 25.0 Å². The first kappa shape index (κ1) is 12.2. The molecular weight excluding hydrogens is 162 g/mol. The lowest BCUT2D eigenvalue weighted by molar-refractivity contribution is 0.314. The number of hydrogen-bond donors (Lipinski definition) is 1. The first-order chi connectivity index (χ1) is 6.15. The van der Waals surface area contributed by atoms with E-state index < -0.39 is 0 Å². The van der Waals surface area contributed by atoms with Gasteiger partial charge in [0.1, 0.15) is 0 Å². The van der Waals surface area contributed by atoms with Crippen LogP contribution >= 0.6 is 0 Å². The monoisotopic (exact) mass is 183 g/mol. The van der Waals surface area contributed by atoms with Crippen LogP contribution < -0.4 is 0 Å². The zero-order chi connectivity index (χ0) is 10.3. The number of rotatable bonds is 5. The van der Waals surface area contributed by atoms with Crippen molar-refractivity contribution in [1.29, 1.82) is 0 Å². The Morgan fingerprint density at radius 2 is 2.00 bits per heavy atom. The van der Waals surface area contributed by atoms with Gasteiger partial charge in [-0.1, -0.05) is 37.6 Å². The Morgan fingerprint density at radius 3 is 2.38 bits per heavy atom. The quantitative estimate of drug-likeness (QED) is 0.300. The lowest BCUT2D eigenvalue weighted by atomic mass is 9.98. The highest BCUT2D eigenvalue weighted by Gasteiger charge is 2.07. The Labute approximate surface area is 81.3 Å². The van der Waals surface area contributed by atoms with Gasteiger partial charge in [-0.2, -0.15) is 0 Å². The van der Waals surface area contributed by atoms with Crippen LogP contribution in [0.1, 0.15) is 47.0 Å². The molecular formula is C11H21NO. The van der Waals surface area contributed by atoms with Crippen LogP contribution in [0.25, 0.3) is 0 Å². The Hall–Kier alpha value is -0.790. The average Bonchev–Trinajstić information content (AvgIpc) is 2.16. The summed E-state index contributed by atoms with van der Waals surface area (Å²) in [5.41, 5.74) is 2.29. The summed E-state index contributed by atoms with van der Waals surface area (Å²) in [6.45, 7) is 8.39. The zero-order valence-electron chi connectivity index (χ0n) is 9.17. The smallest absolute Gasteiger partial charge is 0.0599 e. The predicted octanol–water partition coefficient (Wildman–Crippen LogP) is 3.61. The summed E-state index contributed by atoms with van der Waals surface area (Å²) in [4.78, 5) is 0. The van der Waals surface area contributed by atoms with Crippen molar-refractivity contribution >= 4 is 5.71 Å². The fourth-order valence-corrected chi connectivity index (χ4v) is 1.18. The molecule has 0 heterocycles. The molecule has 1 unspecified atom stereocenters. The molecule has 0 radical (unpaired) electrons. The maximum absolute atomic E-state index is 8.69. The summed E-state index contributed by atoms with van der Waals surface area (Å²) in [6.07, 6.45) is 5.14. The number of oxime groups is 1. The second-order valence-electron chi connectivity index (χ2n) is 3.49. The van der Waals surface area contributed by atoms with Crippen molar-refractivity contribution in [3.8, 4) is 0 Å². The summed E-state index contributed by atoms with van der Waals surface area (Å²) >= 11 is 0. The van der Waals surface area contributed by atoms with E-state index in [1.165, 1.54) is 5.57 Å². The van der Waals surface area contributed by atoms with Crippen molar-refractivity contribution in [2.75, 3.05) is 0 Å². The molecule has 0 aliphatic carbocycles. The molecule has 0 spiro atoms. The van der Waals surface area contributed by atoms with Gasteiger partial charge < -0.3 is 5.21 Å². The van der Waals surface area contributed by atoms with Crippen LogP contribution in [0.4, 0.5) is 0 Å². The third kappa shape index (κ3) is 4.71.